The van der Waals surface area contributed by atoms with Crippen LogP contribution < -0.4 is 17.0 Å². The molecule has 132 valence electrons. The number of esters is 1. The molecule has 0 radical (unpaired) electrons. The van der Waals surface area contributed by atoms with Crippen LogP contribution in [-0.2, 0) is 14.3 Å². The van der Waals surface area contributed by atoms with Crippen LogP contribution in [0.15, 0.2) is 30.3 Å². The molecule has 3 heterocycles. The van der Waals surface area contributed by atoms with Gasteiger partial charge in [-0.05, 0) is 5.56 Å². The molecule has 0 saturated carbocycles. The van der Waals surface area contributed by atoms with E-state index in [1.54, 1.807) is 0 Å². The van der Waals surface area contributed by atoms with Crippen molar-refractivity contribution >= 4 is 5.97 Å². The van der Waals surface area contributed by atoms with Crippen LogP contribution in [0.2, 0.25) is 0 Å². The molecule has 4 rings (SSSR count). The summed E-state index contributed by atoms with van der Waals surface area (Å²) < 4.78 is 12.5. The Morgan fingerprint density at radius 1 is 1.25 bits per heavy atom. The van der Waals surface area contributed by atoms with E-state index in [-0.39, 0.29) is 35.7 Å². The second kappa shape index (κ2) is 6.41. The number of carbonyl (C=O) groups is 1. The molecule has 3 fully saturated rings. The first-order valence-corrected chi connectivity index (χ1v) is 8.37. The SMILES string of the molecule is C[N+]1(C)C2CC(OC(=O)[C@H](CO)c3ccccc3)CC1C1OC12.[Br-]. The van der Waals surface area contributed by atoms with Crippen molar-refractivity contribution in [2.75, 3.05) is 20.7 Å². The average Bonchev–Trinajstić information content (AvgIpc) is 3.27. The lowest BCUT2D eigenvalue weighted by Gasteiger charge is -2.45. The number of aliphatic hydroxyl groups excluding tert-OH is 1. The molecule has 4 unspecified atom stereocenters. The van der Waals surface area contributed by atoms with Crippen molar-refractivity contribution < 1.29 is 40.8 Å². The number of halogens is 1. The van der Waals surface area contributed by atoms with E-state index in [2.05, 4.69) is 14.1 Å². The van der Waals surface area contributed by atoms with Crippen LogP contribution in [0.5, 0.6) is 0 Å². The fourth-order valence-electron chi connectivity index (χ4n) is 4.55. The molecule has 3 saturated heterocycles. The summed E-state index contributed by atoms with van der Waals surface area (Å²) in [5.41, 5.74) is 0.807. The Kier molecular flexibility index (Phi) is 4.77. The van der Waals surface area contributed by atoms with E-state index in [1.807, 2.05) is 30.3 Å². The third-order valence-electron chi connectivity index (χ3n) is 5.99. The van der Waals surface area contributed by atoms with Gasteiger partial charge in [0, 0.05) is 12.8 Å². The summed E-state index contributed by atoms with van der Waals surface area (Å²) in [4.78, 5) is 12.5. The molecule has 3 aliphatic rings. The van der Waals surface area contributed by atoms with Crippen LogP contribution in [0.25, 0.3) is 0 Å². The summed E-state index contributed by atoms with van der Waals surface area (Å²) in [5.74, 6) is -0.908. The average molecular weight is 398 g/mol. The zero-order chi connectivity index (χ0) is 16.2. The number of morpholine rings is 1. The molecule has 0 amide bonds. The molecule has 2 bridgehead atoms. The van der Waals surface area contributed by atoms with Gasteiger partial charge in [0.2, 0.25) is 0 Å². The number of piperidine rings is 1. The lowest BCUT2D eigenvalue weighted by Crippen LogP contribution is -3.00. The number of benzene rings is 1. The van der Waals surface area contributed by atoms with Gasteiger partial charge in [-0.25, -0.2) is 0 Å². The highest BCUT2D eigenvalue weighted by Gasteiger charge is 2.70. The molecular formula is C18H24BrNO4. The van der Waals surface area contributed by atoms with Crippen LogP contribution in [0, 0.1) is 0 Å². The van der Waals surface area contributed by atoms with Crippen LogP contribution >= 0.6 is 0 Å². The Morgan fingerprint density at radius 2 is 1.83 bits per heavy atom. The van der Waals surface area contributed by atoms with Gasteiger partial charge in [0.1, 0.15) is 36.3 Å². The Morgan fingerprint density at radius 3 is 2.38 bits per heavy atom. The molecule has 6 heteroatoms. The lowest BCUT2D eigenvalue weighted by atomic mass is 9.95. The van der Waals surface area contributed by atoms with E-state index in [0.717, 1.165) is 22.9 Å². The van der Waals surface area contributed by atoms with Gasteiger partial charge in [0.15, 0.2) is 0 Å². The summed E-state index contributed by atoms with van der Waals surface area (Å²) >= 11 is 0. The van der Waals surface area contributed by atoms with Gasteiger partial charge >= 0.3 is 5.97 Å². The maximum Gasteiger partial charge on any atom is 0.316 e. The molecule has 0 aromatic heterocycles. The number of fused-ring (bicyclic) bond motifs is 5. The standard InChI is InChI=1S/C18H24NO4.BrH/c1-19(2)14-8-12(9-15(19)17-16(14)23-17)22-18(21)13(10-20)11-6-4-3-5-7-11;/h3-7,12-17,20H,8-10H2,1-2H3;1H/q+1;/p-1/t12?,13-,14?,15?,16?,17?;/m1./s1. The van der Waals surface area contributed by atoms with Gasteiger partial charge < -0.3 is 36.0 Å². The summed E-state index contributed by atoms with van der Waals surface area (Å²) in [6.45, 7) is -0.224. The molecule has 3 aliphatic heterocycles. The zero-order valence-electron chi connectivity index (χ0n) is 14.0. The number of carbonyl (C=O) groups excluding carboxylic acids is 1. The van der Waals surface area contributed by atoms with Gasteiger partial charge in [0.05, 0.1) is 20.7 Å². The van der Waals surface area contributed by atoms with Gasteiger partial charge in [0.25, 0.3) is 0 Å². The van der Waals surface area contributed by atoms with Crippen molar-refractivity contribution in [3.8, 4) is 0 Å². The predicted octanol–water partition coefficient (Wildman–Crippen LogP) is -1.93. The summed E-state index contributed by atoms with van der Waals surface area (Å²) in [7, 11) is 4.51. The molecular weight excluding hydrogens is 374 g/mol. The fraction of sp³-hybridized carbons (Fsp3) is 0.611. The number of epoxide rings is 1. The Labute approximate surface area is 152 Å². The molecule has 5 atom stereocenters. The predicted molar refractivity (Wildman–Crippen MR) is 83.7 cm³/mol. The van der Waals surface area contributed by atoms with Crippen molar-refractivity contribution in [1.82, 2.24) is 0 Å². The fourth-order valence-corrected chi connectivity index (χ4v) is 4.55. The number of hydrogen-bond acceptors (Lipinski definition) is 4. The number of quaternary nitrogens is 1. The van der Waals surface area contributed by atoms with Gasteiger partial charge in [-0.3, -0.25) is 4.79 Å². The van der Waals surface area contributed by atoms with Gasteiger partial charge in [-0.2, -0.15) is 0 Å². The first-order chi connectivity index (χ1) is 11.0. The Bertz CT molecular complexity index is 588. The normalized spacial score (nSPS) is 36.2. The van der Waals surface area contributed by atoms with Crippen LogP contribution in [0.3, 0.4) is 0 Å². The Balaban J connectivity index is 0.00000169. The van der Waals surface area contributed by atoms with Gasteiger partial charge in [-0.1, -0.05) is 30.3 Å². The van der Waals surface area contributed by atoms with Crippen LogP contribution in [0.1, 0.15) is 24.3 Å². The first-order valence-electron chi connectivity index (χ1n) is 8.37. The number of rotatable bonds is 4. The second-order valence-corrected chi connectivity index (χ2v) is 7.51. The quantitative estimate of drug-likeness (QED) is 0.365. The van der Waals surface area contributed by atoms with E-state index in [0.29, 0.717) is 24.3 Å². The summed E-state index contributed by atoms with van der Waals surface area (Å²) in [6.07, 6.45) is 2.34. The highest BCUT2D eigenvalue weighted by molar-refractivity contribution is 5.78. The molecule has 1 N–H and O–H groups in total. The van der Waals surface area contributed by atoms with Crippen LogP contribution in [-0.4, -0.2) is 66.7 Å². The number of ether oxygens (including phenoxy) is 2. The monoisotopic (exact) mass is 397 g/mol. The van der Waals surface area contributed by atoms with Gasteiger partial charge in [-0.15, -0.1) is 0 Å². The highest BCUT2D eigenvalue weighted by atomic mass is 79.9. The minimum atomic E-state index is -0.593. The van der Waals surface area contributed by atoms with Crippen LogP contribution in [0.4, 0.5) is 0 Å². The number of nitrogens with zero attached hydrogens (tertiary/aromatic N) is 1. The number of hydrogen-bond donors (Lipinski definition) is 1. The molecule has 1 aromatic carbocycles. The van der Waals surface area contributed by atoms with E-state index in [1.165, 1.54) is 0 Å². The largest absolute Gasteiger partial charge is 1.00 e. The minimum absolute atomic E-state index is 0. The summed E-state index contributed by atoms with van der Waals surface area (Å²) in [5, 5.41) is 9.60. The topological polar surface area (TPSA) is 59.1 Å². The first kappa shape index (κ1) is 17.9. The van der Waals surface area contributed by atoms with E-state index in [4.69, 9.17) is 9.47 Å². The maximum absolute atomic E-state index is 12.5. The van der Waals surface area contributed by atoms with Crippen molar-refractivity contribution in [1.29, 1.82) is 0 Å². The number of likely N-dealkylation sites (N-methyl/N-ethyl adjacent to an activating group) is 1. The zero-order valence-corrected chi connectivity index (χ0v) is 15.6. The van der Waals surface area contributed by atoms with Crippen molar-refractivity contribution in [3.05, 3.63) is 35.9 Å². The van der Waals surface area contributed by atoms with E-state index < -0.39 is 5.92 Å². The van der Waals surface area contributed by atoms with E-state index in [9.17, 15) is 9.90 Å². The van der Waals surface area contributed by atoms with Crippen molar-refractivity contribution in [2.24, 2.45) is 0 Å². The van der Waals surface area contributed by atoms with Crippen molar-refractivity contribution in [3.63, 3.8) is 0 Å². The highest BCUT2D eigenvalue weighted by Crippen LogP contribution is 2.51. The van der Waals surface area contributed by atoms with E-state index >= 15 is 0 Å². The minimum Gasteiger partial charge on any atom is -1.00 e. The molecule has 0 spiro atoms. The molecule has 24 heavy (non-hydrogen) atoms. The second-order valence-electron chi connectivity index (χ2n) is 7.51. The Hall–Kier alpha value is -0.950. The smallest absolute Gasteiger partial charge is 0.316 e. The lowest BCUT2D eigenvalue weighted by molar-refractivity contribution is -0.938. The number of aliphatic hydroxyl groups is 1. The van der Waals surface area contributed by atoms with Crippen molar-refractivity contribution in [2.45, 2.75) is 49.2 Å². The third kappa shape index (κ3) is 2.79. The summed E-state index contributed by atoms with van der Waals surface area (Å²) in [6, 6.07) is 10.2. The maximum atomic E-state index is 12.5. The molecule has 5 nitrogen and oxygen atoms in total. The molecule has 1 aromatic rings. The molecule has 0 aliphatic carbocycles. The third-order valence-corrected chi connectivity index (χ3v) is 5.99.